The van der Waals surface area contributed by atoms with Gasteiger partial charge in [0.05, 0.1) is 18.4 Å². The van der Waals surface area contributed by atoms with Crippen LogP contribution < -0.4 is 9.64 Å². The van der Waals surface area contributed by atoms with Gasteiger partial charge in [-0.2, -0.15) is 17.5 Å². The molecule has 2 aromatic carbocycles. The lowest BCUT2D eigenvalue weighted by Gasteiger charge is -2.23. The Hall–Kier alpha value is -2.02. The topological polar surface area (TPSA) is 143 Å². The Morgan fingerprint density at radius 1 is 1.09 bits per heavy atom. The van der Waals surface area contributed by atoms with Gasteiger partial charge in [0.25, 0.3) is 5.91 Å². The second-order valence-electron chi connectivity index (χ2n) is 6.76. The van der Waals surface area contributed by atoms with E-state index in [4.69, 9.17) is 26.1 Å². The molecule has 0 aromatic heterocycles. The summed E-state index contributed by atoms with van der Waals surface area (Å²) in [5, 5.41) is -0.0429. The molecule has 3 rings (SSSR count). The molecule has 0 saturated heterocycles. The molecule has 3 N–H and O–H groups in total. The summed E-state index contributed by atoms with van der Waals surface area (Å²) in [6.45, 7) is -1.41. The molecule has 1 unspecified atom stereocenters. The van der Waals surface area contributed by atoms with E-state index in [0.717, 1.165) is 13.2 Å². The number of amides is 1. The number of carbonyl (C=O) groups is 1. The number of ether oxygens (including phenoxy) is 1. The molecule has 10 nitrogen and oxygen atoms in total. The maximum Gasteiger partial charge on any atom is 0.482 e. The monoisotopic (exact) mass is 549 g/mol. The smallest absolute Gasteiger partial charge is 0.482 e. The number of carbonyl (C=O) groups excluding carboxylic acids is 1. The van der Waals surface area contributed by atoms with Crippen LogP contribution in [-0.2, 0) is 34.6 Å². The van der Waals surface area contributed by atoms with Crippen molar-refractivity contribution < 1.29 is 59.7 Å². The van der Waals surface area contributed by atoms with Gasteiger partial charge in [-0.1, -0.05) is 17.7 Å². The zero-order valence-corrected chi connectivity index (χ0v) is 19.2. The molecule has 0 radical (unpaired) electrons. The maximum atomic E-state index is 16.5. The van der Waals surface area contributed by atoms with Gasteiger partial charge < -0.3 is 19.4 Å². The highest BCUT2D eigenvalue weighted by atomic mass is 35.5. The van der Waals surface area contributed by atoms with Crippen molar-refractivity contribution in [3.63, 3.8) is 0 Å². The van der Waals surface area contributed by atoms with Crippen LogP contribution in [0.15, 0.2) is 36.4 Å². The van der Waals surface area contributed by atoms with Crippen LogP contribution in [0.5, 0.6) is 5.75 Å². The molecule has 1 aliphatic heterocycles. The number of fused-ring (bicyclic) bond motifs is 1. The SMILES string of the molecule is COc1ccc(Cl)cc1[C@]1(F)C(=O)N(COP(=O)(O)OP(=O)(O)O)c2cc(C(F)(F)F)ccc21. The molecule has 1 amide bonds. The van der Waals surface area contributed by atoms with Crippen LogP contribution in [0.2, 0.25) is 5.02 Å². The van der Waals surface area contributed by atoms with Crippen molar-refractivity contribution in [3.05, 3.63) is 58.1 Å². The highest BCUT2D eigenvalue weighted by Gasteiger charge is 2.56. The fourth-order valence-electron chi connectivity index (χ4n) is 3.26. The number of alkyl halides is 4. The summed E-state index contributed by atoms with van der Waals surface area (Å²) in [6, 6.07) is 5.16. The predicted octanol–water partition coefficient (Wildman–Crippen LogP) is 4.11. The summed E-state index contributed by atoms with van der Waals surface area (Å²) >= 11 is 5.91. The lowest BCUT2D eigenvalue weighted by molar-refractivity contribution is -0.137. The molecular weight excluding hydrogens is 536 g/mol. The van der Waals surface area contributed by atoms with E-state index in [-0.39, 0.29) is 15.7 Å². The Morgan fingerprint density at radius 3 is 2.29 bits per heavy atom. The molecule has 1 heterocycles. The molecule has 0 spiro atoms. The van der Waals surface area contributed by atoms with Crippen molar-refractivity contribution >= 4 is 38.8 Å². The van der Waals surface area contributed by atoms with Gasteiger partial charge in [0, 0.05) is 16.1 Å². The van der Waals surface area contributed by atoms with Gasteiger partial charge in [0.1, 0.15) is 12.5 Å². The fourth-order valence-corrected chi connectivity index (χ4v) is 4.96. The Bertz CT molecular complexity index is 1240. The van der Waals surface area contributed by atoms with Gasteiger partial charge in [0.2, 0.25) is 5.67 Å². The highest BCUT2D eigenvalue weighted by molar-refractivity contribution is 7.60. The molecule has 186 valence electrons. The van der Waals surface area contributed by atoms with Crippen LogP contribution in [0.3, 0.4) is 0 Å². The second kappa shape index (κ2) is 8.89. The van der Waals surface area contributed by atoms with Crippen LogP contribution in [-0.4, -0.2) is 34.4 Å². The van der Waals surface area contributed by atoms with Gasteiger partial charge in [0.15, 0.2) is 0 Å². The predicted molar refractivity (Wildman–Crippen MR) is 108 cm³/mol. The molecule has 0 saturated carbocycles. The van der Waals surface area contributed by atoms with E-state index in [9.17, 15) is 32.0 Å². The summed E-state index contributed by atoms with van der Waals surface area (Å²) in [5.41, 5.74) is -6.23. The zero-order chi connectivity index (χ0) is 25.7. The number of anilines is 1. The average molecular weight is 550 g/mol. The number of phosphoric acid groups is 2. The number of rotatable bonds is 7. The van der Waals surface area contributed by atoms with Gasteiger partial charge >= 0.3 is 21.8 Å². The summed E-state index contributed by atoms with van der Waals surface area (Å²) in [5.74, 6) is -1.75. The normalized spacial score (nSPS) is 20.3. The van der Waals surface area contributed by atoms with Crippen molar-refractivity contribution in [3.8, 4) is 5.75 Å². The summed E-state index contributed by atoms with van der Waals surface area (Å²) < 4.78 is 91.9. The Labute approximate surface area is 193 Å². The highest BCUT2D eigenvalue weighted by Crippen LogP contribution is 2.58. The number of halogens is 5. The van der Waals surface area contributed by atoms with Crippen LogP contribution >= 0.6 is 27.2 Å². The zero-order valence-electron chi connectivity index (χ0n) is 16.7. The van der Waals surface area contributed by atoms with Crippen molar-refractivity contribution in [2.45, 2.75) is 11.8 Å². The largest absolute Gasteiger partial charge is 0.496 e. The van der Waals surface area contributed by atoms with E-state index in [1.165, 1.54) is 12.1 Å². The van der Waals surface area contributed by atoms with E-state index in [0.29, 0.717) is 18.2 Å². The molecule has 0 fully saturated rings. The van der Waals surface area contributed by atoms with E-state index >= 15 is 4.39 Å². The van der Waals surface area contributed by atoms with Gasteiger partial charge in [-0.15, -0.1) is 0 Å². The first-order chi connectivity index (χ1) is 15.5. The number of hydrogen-bond donors (Lipinski definition) is 3. The molecule has 17 heteroatoms. The van der Waals surface area contributed by atoms with E-state index in [1.54, 1.807) is 0 Å². The van der Waals surface area contributed by atoms with Gasteiger partial charge in [-0.05, 0) is 30.3 Å². The molecular formula is C17H14ClF4NO9P2. The first kappa shape index (κ1) is 26.6. The van der Waals surface area contributed by atoms with Crippen molar-refractivity contribution in [2.24, 2.45) is 0 Å². The lowest BCUT2D eigenvalue weighted by Crippen LogP contribution is -2.39. The van der Waals surface area contributed by atoms with E-state index < -0.39 is 62.5 Å². The van der Waals surface area contributed by atoms with Crippen LogP contribution in [0, 0.1) is 0 Å². The summed E-state index contributed by atoms with van der Waals surface area (Å²) in [6.07, 6.45) is -4.91. The number of hydrogen-bond acceptors (Lipinski definition) is 6. The number of methoxy groups -OCH3 is 1. The van der Waals surface area contributed by atoms with Crippen molar-refractivity contribution in [1.82, 2.24) is 0 Å². The van der Waals surface area contributed by atoms with Crippen molar-refractivity contribution in [2.75, 3.05) is 18.7 Å². The molecule has 2 aromatic rings. The van der Waals surface area contributed by atoms with Gasteiger partial charge in [-0.3, -0.25) is 14.2 Å². The average Bonchev–Trinajstić information content (AvgIpc) is 2.91. The molecule has 2 atom stereocenters. The van der Waals surface area contributed by atoms with Crippen LogP contribution in [0.4, 0.5) is 23.2 Å². The quantitative estimate of drug-likeness (QED) is 0.343. The summed E-state index contributed by atoms with van der Waals surface area (Å²) in [7, 11) is -9.93. The van der Waals surface area contributed by atoms with E-state index in [2.05, 4.69) is 8.83 Å². The fraction of sp³-hybridized carbons (Fsp3) is 0.235. The van der Waals surface area contributed by atoms with Crippen LogP contribution in [0.25, 0.3) is 0 Å². The maximum absolute atomic E-state index is 16.5. The number of phosphoric ester groups is 1. The van der Waals surface area contributed by atoms with Crippen LogP contribution in [0.1, 0.15) is 16.7 Å². The first-order valence-electron chi connectivity index (χ1n) is 8.80. The third kappa shape index (κ3) is 5.14. The molecule has 0 bridgehead atoms. The minimum Gasteiger partial charge on any atom is -0.496 e. The second-order valence-corrected chi connectivity index (χ2v) is 10.0. The molecule has 1 aliphatic rings. The molecule has 34 heavy (non-hydrogen) atoms. The minimum atomic E-state index is -5.55. The van der Waals surface area contributed by atoms with E-state index in [1.807, 2.05) is 0 Å². The first-order valence-corrected chi connectivity index (χ1v) is 12.2. The minimum absolute atomic E-state index is 0.0429. The number of benzene rings is 2. The standard InChI is InChI=1S/C17H14ClF4NO9P2/c1-30-14-5-3-10(18)7-12(14)16(19)11-4-2-9(17(20,21)22)6-13(11)23(15(16)24)8-31-34(28,29)32-33(25,26)27/h2-7H,8H2,1H3,(H,28,29)(H2,25,26,27)/t16-/m0/s1. The van der Waals surface area contributed by atoms with Crippen molar-refractivity contribution in [1.29, 1.82) is 0 Å². The third-order valence-electron chi connectivity index (χ3n) is 4.62. The lowest BCUT2D eigenvalue weighted by atomic mass is 9.88. The Balaban J connectivity index is 2.15. The number of nitrogens with zero attached hydrogens (tertiary/aromatic N) is 1. The summed E-state index contributed by atoms with van der Waals surface area (Å²) in [4.78, 5) is 40.2. The van der Waals surface area contributed by atoms with Gasteiger partial charge in [-0.25, -0.2) is 13.5 Å². The third-order valence-corrected chi connectivity index (χ3v) is 6.97. The Morgan fingerprint density at radius 2 is 1.74 bits per heavy atom. The molecule has 0 aliphatic carbocycles. The Kier molecular flexibility index (Phi) is 6.95.